The van der Waals surface area contributed by atoms with Crippen LogP contribution in [-0.4, -0.2) is 10.8 Å². The molecule has 0 saturated heterocycles. The van der Waals surface area contributed by atoms with Crippen LogP contribution in [0.2, 0.25) is 0 Å². The van der Waals surface area contributed by atoms with Gasteiger partial charge in [-0.1, -0.05) is 78.9 Å². The van der Waals surface area contributed by atoms with Gasteiger partial charge in [-0.3, -0.25) is 4.79 Å². The normalized spacial score (nSPS) is 14.2. The Morgan fingerprint density at radius 3 is 1.80 bits per heavy atom. The molecule has 0 aliphatic carbocycles. The molecule has 1 aliphatic rings. The van der Waals surface area contributed by atoms with Gasteiger partial charge in [-0.2, -0.15) is 0 Å². The highest BCUT2D eigenvalue weighted by atomic mass is 16.2. The van der Waals surface area contributed by atoms with E-state index in [1.54, 1.807) is 0 Å². The summed E-state index contributed by atoms with van der Waals surface area (Å²) in [5.41, 5.74) is 5.96. The van der Waals surface area contributed by atoms with Gasteiger partial charge < -0.3 is 4.90 Å². The topological polar surface area (TPSA) is 20.3 Å². The van der Waals surface area contributed by atoms with Crippen molar-refractivity contribution in [1.82, 2.24) is 4.90 Å². The summed E-state index contributed by atoms with van der Waals surface area (Å²) in [6.07, 6.45) is 0. The molecule has 1 amide bonds. The van der Waals surface area contributed by atoms with E-state index in [9.17, 15) is 4.79 Å². The van der Waals surface area contributed by atoms with Crippen molar-refractivity contribution >= 4 is 5.91 Å². The summed E-state index contributed by atoms with van der Waals surface area (Å²) in [5, 5.41) is 0. The van der Waals surface area contributed by atoms with Crippen molar-refractivity contribution in [3.63, 3.8) is 0 Å². The van der Waals surface area contributed by atoms with Crippen LogP contribution in [0.5, 0.6) is 0 Å². The molecule has 0 bridgehead atoms. The molecule has 0 spiro atoms. The van der Waals surface area contributed by atoms with Crippen LogP contribution >= 0.6 is 0 Å². The molecule has 4 rings (SSSR count). The van der Waals surface area contributed by atoms with Gasteiger partial charge in [0, 0.05) is 13.1 Å². The van der Waals surface area contributed by atoms with E-state index in [1.165, 1.54) is 22.3 Å². The fourth-order valence-corrected chi connectivity index (χ4v) is 3.62. The highest BCUT2D eigenvalue weighted by Crippen LogP contribution is 2.33. The fraction of sp³-hybridized carbons (Fsp3) is 0.174. The van der Waals surface area contributed by atoms with Crippen LogP contribution in [0.1, 0.15) is 29.5 Å². The molecule has 124 valence electrons. The number of amides is 1. The lowest BCUT2D eigenvalue weighted by molar-refractivity contribution is -0.133. The van der Waals surface area contributed by atoms with Crippen LogP contribution in [0.25, 0.3) is 11.1 Å². The Balaban J connectivity index is 1.72. The molecule has 0 unspecified atom stereocenters. The third-order valence-corrected chi connectivity index (χ3v) is 5.03. The van der Waals surface area contributed by atoms with Gasteiger partial charge in [0.1, 0.15) is 0 Å². The number of rotatable bonds is 2. The molecule has 3 aromatic rings. The maximum atomic E-state index is 13.2. The van der Waals surface area contributed by atoms with Crippen LogP contribution in [0, 0.1) is 0 Å². The lowest BCUT2D eigenvalue weighted by Crippen LogP contribution is -2.32. The zero-order chi connectivity index (χ0) is 17.2. The van der Waals surface area contributed by atoms with Crippen LogP contribution < -0.4 is 0 Å². The average Bonchev–Trinajstić information content (AvgIpc) is 2.84. The number of benzene rings is 3. The van der Waals surface area contributed by atoms with Crippen molar-refractivity contribution in [2.24, 2.45) is 0 Å². The summed E-state index contributed by atoms with van der Waals surface area (Å²) in [6, 6.07) is 26.8. The first kappa shape index (κ1) is 15.6. The predicted octanol–water partition coefficient (Wildman–Crippen LogP) is 5.00. The van der Waals surface area contributed by atoms with E-state index in [-0.39, 0.29) is 11.8 Å². The molecule has 1 aliphatic heterocycles. The molecule has 0 aromatic heterocycles. The minimum atomic E-state index is -0.140. The molecule has 2 heteroatoms. The average molecular weight is 327 g/mol. The molecule has 1 atom stereocenters. The van der Waals surface area contributed by atoms with E-state index in [4.69, 9.17) is 0 Å². The van der Waals surface area contributed by atoms with Gasteiger partial charge >= 0.3 is 0 Å². The summed E-state index contributed by atoms with van der Waals surface area (Å²) in [6.45, 7) is 3.31. The zero-order valence-corrected chi connectivity index (χ0v) is 14.4. The Labute approximate surface area is 148 Å². The number of hydrogen-bond donors (Lipinski definition) is 0. The van der Waals surface area contributed by atoms with Crippen molar-refractivity contribution in [2.45, 2.75) is 25.9 Å². The van der Waals surface area contributed by atoms with Crippen LogP contribution in [-0.2, 0) is 17.9 Å². The van der Waals surface area contributed by atoms with Crippen molar-refractivity contribution < 1.29 is 4.79 Å². The Bertz CT molecular complexity index is 853. The van der Waals surface area contributed by atoms with Crippen LogP contribution in [0.3, 0.4) is 0 Å². The molecule has 2 nitrogen and oxygen atoms in total. The SMILES string of the molecule is C[C@H](C(=O)N1Cc2ccccc2-c2ccccc2C1)c1ccccc1. The van der Waals surface area contributed by atoms with Gasteiger partial charge in [0.15, 0.2) is 0 Å². The second kappa shape index (κ2) is 6.56. The number of carbonyl (C=O) groups excluding carboxylic acids is 1. The number of nitrogens with zero attached hydrogens (tertiary/aromatic N) is 1. The van der Waals surface area contributed by atoms with Crippen LogP contribution in [0.4, 0.5) is 0 Å². The lowest BCUT2D eigenvalue weighted by Gasteiger charge is -2.25. The molecule has 1 heterocycles. The Morgan fingerprint density at radius 2 is 1.24 bits per heavy atom. The van der Waals surface area contributed by atoms with E-state index in [2.05, 4.69) is 48.5 Å². The van der Waals surface area contributed by atoms with Crippen molar-refractivity contribution in [3.8, 4) is 11.1 Å². The smallest absolute Gasteiger partial charge is 0.230 e. The summed E-state index contributed by atoms with van der Waals surface area (Å²) in [4.78, 5) is 15.2. The van der Waals surface area contributed by atoms with E-state index in [0.29, 0.717) is 13.1 Å². The van der Waals surface area contributed by atoms with Crippen molar-refractivity contribution in [2.75, 3.05) is 0 Å². The van der Waals surface area contributed by atoms with Gasteiger partial charge in [-0.25, -0.2) is 0 Å². The van der Waals surface area contributed by atoms with Crippen molar-refractivity contribution in [1.29, 1.82) is 0 Å². The lowest BCUT2D eigenvalue weighted by atomic mass is 9.97. The maximum Gasteiger partial charge on any atom is 0.230 e. The molecule has 0 radical (unpaired) electrons. The third-order valence-electron chi connectivity index (χ3n) is 5.03. The second-order valence-electron chi connectivity index (χ2n) is 6.64. The quantitative estimate of drug-likeness (QED) is 0.648. The fourth-order valence-electron chi connectivity index (χ4n) is 3.62. The highest BCUT2D eigenvalue weighted by molar-refractivity contribution is 5.84. The highest BCUT2D eigenvalue weighted by Gasteiger charge is 2.26. The first-order chi connectivity index (χ1) is 12.2. The molecule has 0 fully saturated rings. The Hall–Kier alpha value is -2.87. The summed E-state index contributed by atoms with van der Waals surface area (Å²) in [5.74, 6) is 0.0383. The Kier molecular flexibility index (Phi) is 4.10. The minimum absolute atomic E-state index is 0.140. The first-order valence-corrected chi connectivity index (χ1v) is 8.74. The van der Waals surface area contributed by atoms with Crippen LogP contribution in [0.15, 0.2) is 78.9 Å². The summed E-state index contributed by atoms with van der Waals surface area (Å²) < 4.78 is 0. The second-order valence-corrected chi connectivity index (χ2v) is 6.64. The maximum absolute atomic E-state index is 13.2. The zero-order valence-electron chi connectivity index (χ0n) is 14.4. The molecular weight excluding hydrogens is 306 g/mol. The molecule has 0 saturated carbocycles. The molecule has 3 aromatic carbocycles. The largest absolute Gasteiger partial charge is 0.333 e. The van der Waals surface area contributed by atoms with E-state index >= 15 is 0 Å². The molecular formula is C23H21NO. The minimum Gasteiger partial charge on any atom is -0.333 e. The summed E-state index contributed by atoms with van der Waals surface area (Å²) >= 11 is 0. The number of hydrogen-bond acceptors (Lipinski definition) is 1. The Morgan fingerprint density at radius 1 is 0.760 bits per heavy atom. The van der Waals surface area contributed by atoms with Gasteiger partial charge in [0.25, 0.3) is 0 Å². The predicted molar refractivity (Wildman–Crippen MR) is 101 cm³/mol. The molecule has 0 N–H and O–H groups in total. The van der Waals surface area contributed by atoms with E-state index in [1.807, 2.05) is 42.2 Å². The standard InChI is InChI=1S/C23H21NO/c1-17(18-9-3-2-4-10-18)23(25)24-15-19-11-5-7-13-21(19)22-14-8-6-12-20(22)16-24/h2-14,17H,15-16H2,1H3/t17-/m0/s1. The van der Waals surface area contributed by atoms with Gasteiger partial charge in [0.2, 0.25) is 5.91 Å². The first-order valence-electron chi connectivity index (χ1n) is 8.74. The van der Waals surface area contributed by atoms with E-state index < -0.39 is 0 Å². The van der Waals surface area contributed by atoms with Gasteiger partial charge in [-0.05, 0) is 34.7 Å². The van der Waals surface area contributed by atoms with Gasteiger partial charge in [-0.15, -0.1) is 0 Å². The van der Waals surface area contributed by atoms with Crippen molar-refractivity contribution in [3.05, 3.63) is 95.6 Å². The number of carbonyl (C=O) groups is 1. The summed E-state index contributed by atoms with van der Waals surface area (Å²) in [7, 11) is 0. The van der Waals surface area contributed by atoms with Gasteiger partial charge in [0.05, 0.1) is 5.92 Å². The third kappa shape index (κ3) is 2.96. The molecule has 25 heavy (non-hydrogen) atoms. The monoisotopic (exact) mass is 327 g/mol. The van der Waals surface area contributed by atoms with E-state index in [0.717, 1.165) is 5.56 Å². The number of fused-ring (bicyclic) bond motifs is 3.